The first-order chi connectivity index (χ1) is 12.5. The number of hydrogen-bond acceptors (Lipinski definition) is 7. The van der Waals surface area contributed by atoms with E-state index in [1.54, 1.807) is 0 Å². The van der Waals surface area contributed by atoms with Crippen LogP contribution in [0, 0.1) is 11.7 Å². The van der Waals surface area contributed by atoms with Crippen molar-refractivity contribution in [3.05, 3.63) is 24.0 Å². The van der Waals surface area contributed by atoms with Crippen molar-refractivity contribution >= 4 is 16.3 Å². The second kappa shape index (κ2) is 7.98. The minimum Gasteiger partial charge on any atom is -0.381 e. The molecule has 0 atom stereocenters. The second-order valence-electron chi connectivity index (χ2n) is 5.89. The molecule has 140 valence electrons. The zero-order valence-electron chi connectivity index (χ0n) is 13.8. The van der Waals surface area contributed by atoms with Gasteiger partial charge >= 0.3 is 0 Å². The number of carbonyl (C=O) groups is 1. The third-order valence-electron chi connectivity index (χ3n) is 4.05. The minimum atomic E-state index is -4.10. The third kappa shape index (κ3) is 4.29. The van der Waals surface area contributed by atoms with Gasteiger partial charge in [0.2, 0.25) is 15.8 Å². The van der Waals surface area contributed by atoms with Crippen molar-refractivity contribution in [2.24, 2.45) is 5.92 Å². The molecular formula is C15H18FN5O4S. The average Bonchev–Trinajstić information content (AvgIpc) is 3.09. The molecule has 1 aliphatic heterocycles. The van der Waals surface area contributed by atoms with E-state index in [0.29, 0.717) is 37.5 Å². The topological polar surface area (TPSA) is 116 Å². The van der Waals surface area contributed by atoms with Gasteiger partial charge in [-0.3, -0.25) is 0 Å². The van der Waals surface area contributed by atoms with Crippen LogP contribution in [0.25, 0.3) is 11.4 Å². The van der Waals surface area contributed by atoms with Gasteiger partial charge in [-0.1, -0.05) is 0 Å². The van der Waals surface area contributed by atoms with Gasteiger partial charge in [-0.2, -0.15) is 4.80 Å². The highest BCUT2D eigenvalue weighted by Crippen LogP contribution is 2.22. The van der Waals surface area contributed by atoms with Crippen molar-refractivity contribution in [3.63, 3.8) is 0 Å². The van der Waals surface area contributed by atoms with Crippen molar-refractivity contribution in [1.29, 1.82) is 0 Å². The number of tetrazole rings is 1. The van der Waals surface area contributed by atoms with Gasteiger partial charge in [0, 0.05) is 18.8 Å². The zero-order valence-corrected chi connectivity index (χ0v) is 14.7. The highest BCUT2D eigenvalue weighted by atomic mass is 32.2. The molecule has 26 heavy (non-hydrogen) atoms. The van der Waals surface area contributed by atoms with Crippen LogP contribution in [0.2, 0.25) is 0 Å². The molecule has 1 aromatic heterocycles. The second-order valence-corrected chi connectivity index (χ2v) is 7.62. The lowest BCUT2D eigenvalue weighted by Crippen LogP contribution is -2.26. The Hall–Kier alpha value is -2.24. The van der Waals surface area contributed by atoms with E-state index in [0.717, 1.165) is 25.0 Å². The first-order valence-corrected chi connectivity index (χ1v) is 9.56. The van der Waals surface area contributed by atoms with E-state index in [1.165, 1.54) is 10.9 Å². The monoisotopic (exact) mass is 383 g/mol. The van der Waals surface area contributed by atoms with Crippen molar-refractivity contribution in [2.45, 2.75) is 24.3 Å². The summed E-state index contributed by atoms with van der Waals surface area (Å²) in [5.41, 5.74) is 0.315. The highest BCUT2D eigenvalue weighted by molar-refractivity contribution is 7.89. The number of aromatic nitrogens is 4. The standard InChI is InChI=1S/C15H18FN5O4S/c16-13-9-12(1-2-14(13)26(23,24)17-5-6-22)15-18-20-21(19-15)10-11-3-7-25-8-4-11/h1-2,6,9,11,17H,3-5,7-8,10H2. The maximum Gasteiger partial charge on any atom is 0.243 e. The fourth-order valence-electron chi connectivity index (χ4n) is 2.68. The predicted molar refractivity (Wildman–Crippen MR) is 88.0 cm³/mol. The third-order valence-corrected chi connectivity index (χ3v) is 5.51. The van der Waals surface area contributed by atoms with Gasteiger partial charge in [-0.15, -0.1) is 10.2 Å². The SMILES string of the molecule is O=CCNS(=O)(=O)c1ccc(-c2nnn(CC3CCOCC3)n2)cc1F. The Bertz CT molecular complexity index is 880. The van der Waals surface area contributed by atoms with Crippen LogP contribution in [0.1, 0.15) is 12.8 Å². The highest BCUT2D eigenvalue weighted by Gasteiger charge is 2.20. The van der Waals surface area contributed by atoms with E-state index in [9.17, 15) is 17.6 Å². The minimum absolute atomic E-state index is 0.209. The van der Waals surface area contributed by atoms with Crippen molar-refractivity contribution in [3.8, 4) is 11.4 Å². The van der Waals surface area contributed by atoms with Crippen LogP contribution in [0.3, 0.4) is 0 Å². The van der Waals surface area contributed by atoms with Gasteiger partial charge in [0.05, 0.1) is 13.1 Å². The lowest BCUT2D eigenvalue weighted by atomic mass is 10.0. The number of benzene rings is 1. The summed E-state index contributed by atoms with van der Waals surface area (Å²) in [6.07, 6.45) is 2.22. The van der Waals surface area contributed by atoms with Gasteiger partial charge in [0.15, 0.2) is 0 Å². The summed E-state index contributed by atoms with van der Waals surface area (Å²) in [6, 6.07) is 3.54. The molecule has 1 N–H and O–H groups in total. The Morgan fingerprint density at radius 1 is 1.35 bits per heavy atom. The van der Waals surface area contributed by atoms with Crippen molar-refractivity contribution < 1.29 is 22.3 Å². The number of sulfonamides is 1. The molecule has 1 saturated heterocycles. The van der Waals surface area contributed by atoms with E-state index in [4.69, 9.17) is 4.74 Å². The lowest BCUT2D eigenvalue weighted by molar-refractivity contribution is -0.106. The molecule has 0 unspecified atom stereocenters. The van der Waals surface area contributed by atoms with E-state index in [1.807, 2.05) is 4.72 Å². The number of carbonyl (C=O) groups excluding carboxylic acids is 1. The Balaban J connectivity index is 1.76. The van der Waals surface area contributed by atoms with Gasteiger partial charge in [0.1, 0.15) is 17.0 Å². The number of hydrogen-bond donors (Lipinski definition) is 1. The summed E-state index contributed by atoms with van der Waals surface area (Å²) in [7, 11) is -4.10. The molecule has 0 bridgehead atoms. The smallest absolute Gasteiger partial charge is 0.243 e. The molecule has 11 heteroatoms. The zero-order chi connectivity index (χ0) is 18.6. The quantitative estimate of drug-likeness (QED) is 0.687. The van der Waals surface area contributed by atoms with Gasteiger partial charge in [-0.05, 0) is 42.2 Å². The number of nitrogens with one attached hydrogen (secondary N) is 1. The Morgan fingerprint density at radius 2 is 2.12 bits per heavy atom. The summed E-state index contributed by atoms with van der Waals surface area (Å²) in [6.45, 7) is 1.60. The average molecular weight is 383 g/mol. The Labute approximate surface area is 149 Å². The Kier molecular flexibility index (Phi) is 5.69. The van der Waals surface area contributed by atoms with Crippen molar-refractivity contribution in [1.82, 2.24) is 24.9 Å². The molecular weight excluding hydrogens is 365 g/mol. The number of rotatable bonds is 7. The summed E-state index contributed by atoms with van der Waals surface area (Å²) >= 11 is 0. The molecule has 0 radical (unpaired) electrons. The number of nitrogens with zero attached hydrogens (tertiary/aromatic N) is 4. The summed E-state index contributed by atoms with van der Waals surface area (Å²) in [4.78, 5) is 11.2. The molecule has 9 nitrogen and oxygen atoms in total. The van der Waals surface area contributed by atoms with Crippen LogP contribution in [0.5, 0.6) is 0 Å². The maximum absolute atomic E-state index is 14.2. The molecule has 2 heterocycles. The van der Waals surface area contributed by atoms with Gasteiger partial charge in [-0.25, -0.2) is 17.5 Å². The summed E-state index contributed by atoms with van der Waals surface area (Å²) < 4.78 is 45.4. The van der Waals surface area contributed by atoms with E-state index in [2.05, 4.69) is 15.4 Å². The molecule has 1 aromatic carbocycles. The molecule has 1 fully saturated rings. The molecule has 1 aliphatic rings. The lowest BCUT2D eigenvalue weighted by Gasteiger charge is -2.20. The molecule has 0 saturated carbocycles. The Morgan fingerprint density at radius 3 is 2.81 bits per heavy atom. The van der Waals surface area contributed by atoms with Crippen LogP contribution in [0.15, 0.2) is 23.1 Å². The molecule has 0 aliphatic carbocycles. The summed E-state index contributed by atoms with van der Waals surface area (Å²) in [5, 5.41) is 12.1. The number of aldehydes is 1. The van der Waals surface area contributed by atoms with E-state index in [-0.39, 0.29) is 5.82 Å². The summed E-state index contributed by atoms with van der Waals surface area (Å²) in [5.74, 6) is -0.346. The largest absolute Gasteiger partial charge is 0.381 e. The van der Waals surface area contributed by atoms with E-state index < -0.39 is 27.3 Å². The predicted octanol–water partition coefficient (Wildman–Crippen LogP) is 0.383. The van der Waals surface area contributed by atoms with Crippen LogP contribution >= 0.6 is 0 Å². The first-order valence-electron chi connectivity index (χ1n) is 8.08. The van der Waals surface area contributed by atoms with Crippen LogP contribution in [-0.4, -0.2) is 54.7 Å². The van der Waals surface area contributed by atoms with Crippen LogP contribution < -0.4 is 4.72 Å². The van der Waals surface area contributed by atoms with Crippen LogP contribution in [-0.2, 0) is 26.1 Å². The number of halogens is 1. The number of ether oxygens (including phenoxy) is 1. The molecule has 0 amide bonds. The molecule has 2 aromatic rings. The van der Waals surface area contributed by atoms with Gasteiger partial charge < -0.3 is 9.53 Å². The molecule has 0 spiro atoms. The van der Waals surface area contributed by atoms with Crippen molar-refractivity contribution in [2.75, 3.05) is 19.8 Å². The first kappa shape index (κ1) is 18.5. The fraction of sp³-hybridized carbons (Fsp3) is 0.467. The van der Waals surface area contributed by atoms with E-state index >= 15 is 0 Å². The van der Waals surface area contributed by atoms with Crippen LogP contribution in [0.4, 0.5) is 4.39 Å². The van der Waals surface area contributed by atoms with Gasteiger partial charge in [0.25, 0.3) is 0 Å². The molecule has 3 rings (SSSR count). The maximum atomic E-state index is 14.2. The normalized spacial score (nSPS) is 15.9. The fourth-order valence-corrected chi connectivity index (χ4v) is 3.68.